The molecular formula is C8H15NO2. The molecule has 1 rings (SSSR count). The average Bonchev–Trinajstić information content (AvgIpc) is 2.07. The lowest BCUT2D eigenvalue weighted by Crippen LogP contribution is -2.41. The largest absolute Gasteiger partial charge is 0.465 e. The Morgan fingerprint density at radius 1 is 1.64 bits per heavy atom. The Bertz CT molecular complexity index is 130. The Hall–Kier alpha value is -0.570. The lowest BCUT2D eigenvalue weighted by atomic mass is 10.1. The number of hydrogen-bond donors (Lipinski definition) is 1. The molecule has 0 amide bonds. The minimum atomic E-state index is -0.0906. The number of carbonyl (C=O) groups excluding carboxylic acids is 1. The van der Waals surface area contributed by atoms with Crippen LogP contribution in [-0.2, 0) is 9.53 Å². The van der Waals surface area contributed by atoms with Gasteiger partial charge in [-0.15, -0.1) is 0 Å². The third-order valence-corrected chi connectivity index (χ3v) is 1.88. The van der Waals surface area contributed by atoms with E-state index in [-0.39, 0.29) is 12.0 Å². The molecular weight excluding hydrogens is 142 g/mol. The Morgan fingerprint density at radius 2 is 2.45 bits per heavy atom. The zero-order chi connectivity index (χ0) is 8.10. The molecule has 64 valence electrons. The second kappa shape index (κ2) is 4.34. The molecule has 0 saturated carbocycles. The predicted molar refractivity (Wildman–Crippen MR) is 42.3 cm³/mol. The molecule has 0 aromatic carbocycles. The zero-order valence-electron chi connectivity index (χ0n) is 6.93. The Morgan fingerprint density at radius 3 is 3.00 bits per heavy atom. The molecule has 1 atom stereocenters. The molecule has 3 heteroatoms. The third-order valence-electron chi connectivity index (χ3n) is 1.88. The number of rotatable bonds is 2. The van der Waals surface area contributed by atoms with Crippen LogP contribution in [0.3, 0.4) is 0 Å². The number of nitrogens with one attached hydrogen (secondary N) is 1. The summed E-state index contributed by atoms with van der Waals surface area (Å²) in [6.45, 7) is 3.27. The maximum Gasteiger partial charge on any atom is 0.323 e. The van der Waals surface area contributed by atoms with Crippen molar-refractivity contribution in [3.05, 3.63) is 0 Å². The summed E-state index contributed by atoms with van der Waals surface area (Å²) in [6, 6.07) is -0.0382. The number of carbonyl (C=O) groups is 1. The summed E-state index contributed by atoms with van der Waals surface area (Å²) in [5.41, 5.74) is 0. The van der Waals surface area contributed by atoms with Crippen LogP contribution in [0.1, 0.15) is 26.2 Å². The summed E-state index contributed by atoms with van der Waals surface area (Å²) >= 11 is 0. The van der Waals surface area contributed by atoms with Crippen molar-refractivity contribution in [3.8, 4) is 0 Å². The van der Waals surface area contributed by atoms with Gasteiger partial charge in [-0.1, -0.05) is 6.42 Å². The smallest absolute Gasteiger partial charge is 0.323 e. The SMILES string of the molecule is CCOC(=O)[C@@H]1CCCCN1. The summed E-state index contributed by atoms with van der Waals surface area (Å²) in [4.78, 5) is 11.1. The van der Waals surface area contributed by atoms with E-state index in [0.29, 0.717) is 6.61 Å². The lowest BCUT2D eigenvalue weighted by Gasteiger charge is -2.21. The van der Waals surface area contributed by atoms with E-state index < -0.39 is 0 Å². The van der Waals surface area contributed by atoms with Gasteiger partial charge in [0, 0.05) is 0 Å². The second-order valence-electron chi connectivity index (χ2n) is 2.75. The van der Waals surface area contributed by atoms with Crippen LogP contribution in [0.2, 0.25) is 0 Å². The van der Waals surface area contributed by atoms with Crippen molar-refractivity contribution < 1.29 is 9.53 Å². The van der Waals surface area contributed by atoms with Crippen LogP contribution in [0.4, 0.5) is 0 Å². The Labute approximate surface area is 67.1 Å². The number of hydrogen-bond acceptors (Lipinski definition) is 3. The third kappa shape index (κ3) is 2.50. The van der Waals surface area contributed by atoms with Crippen LogP contribution in [0.5, 0.6) is 0 Å². The van der Waals surface area contributed by atoms with E-state index in [1.807, 2.05) is 6.92 Å². The van der Waals surface area contributed by atoms with E-state index in [2.05, 4.69) is 5.32 Å². The predicted octanol–water partition coefficient (Wildman–Crippen LogP) is 0.692. The maximum atomic E-state index is 11.1. The molecule has 1 saturated heterocycles. The molecule has 1 N–H and O–H groups in total. The highest BCUT2D eigenvalue weighted by molar-refractivity contribution is 5.75. The van der Waals surface area contributed by atoms with Crippen LogP contribution < -0.4 is 5.32 Å². The van der Waals surface area contributed by atoms with Gasteiger partial charge < -0.3 is 10.1 Å². The summed E-state index contributed by atoms with van der Waals surface area (Å²) in [5, 5.41) is 3.13. The van der Waals surface area contributed by atoms with Crippen molar-refractivity contribution in [2.75, 3.05) is 13.2 Å². The first-order valence-corrected chi connectivity index (χ1v) is 4.24. The van der Waals surface area contributed by atoms with Gasteiger partial charge in [0.1, 0.15) is 6.04 Å². The Kier molecular flexibility index (Phi) is 3.36. The summed E-state index contributed by atoms with van der Waals surface area (Å²) in [5.74, 6) is -0.0906. The van der Waals surface area contributed by atoms with E-state index >= 15 is 0 Å². The highest BCUT2D eigenvalue weighted by Gasteiger charge is 2.20. The Balaban J connectivity index is 2.27. The normalized spacial score (nSPS) is 24.6. The van der Waals surface area contributed by atoms with Crippen molar-refractivity contribution in [2.24, 2.45) is 0 Å². The number of piperidine rings is 1. The topological polar surface area (TPSA) is 38.3 Å². The van der Waals surface area contributed by atoms with Crippen LogP contribution in [-0.4, -0.2) is 25.2 Å². The van der Waals surface area contributed by atoms with Gasteiger partial charge >= 0.3 is 5.97 Å². The highest BCUT2D eigenvalue weighted by atomic mass is 16.5. The highest BCUT2D eigenvalue weighted by Crippen LogP contribution is 2.07. The zero-order valence-corrected chi connectivity index (χ0v) is 6.93. The fourth-order valence-corrected chi connectivity index (χ4v) is 1.30. The van der Waals surface area contributed by atoms with Gasteiger partial charge in [0.05, 0.1) is 6.61 Å². The van der Waals surface area contributed by atoms with E-state index in [9.17, 15) is 4.79 Å². The van der Waals surface area contributed by atoms with Gasteiger partial charge in [-0.2, -0.15) is 0 Å². The standard InChI is InChI=1S/C8H15NO2/c1-2-11-8(10)7-5-3-4-6-9-7/h7,9H,2-6H2,1H3/t7-/m0/s1. The van der Waals surface area contributed by atoms with Crippen molar-refractivity contribution in [2.45, 2.75) is 32.2 Å². The van der Waals surface area contributed by atoms with E-state index in [1.54, 1.807) is 0 Å². The molecule has 1 heterocycles. The van der Waals surface area contributed by atoms with Gasteiger partial charge in [-0.05, 0) is 26.3 Å². The minimum Gasteiger partial charge on any atom is -0.465 e. The van der Waals surface area contributed by atoms with Gasteiger partial charge in [0.15, 0.2) is 0 Å². The number of esters is 1. The van der Waals surface area contributed by atoms with Crippen LogP contribution in [0, 0.1) is 0 Å². The summed E-state index contributed by atoms with van der Waals surface area (Å²) in [7, 11) is 0. The van der Waals surface area contributed by atoms with Crippen LogP contribution >= 0.6 is 0 Å². The van der Waals surface area contributed by atoms with E-state index in [0.717, 1.165) is 19.4 Å². The van der Waals surface area contributed by atoms with Crippen LogP contribution in [0.15, 0.2) is 0 Å². The van der Waals surface area contributed by atoms with E-state index in [4.69, 9.17) is 4.74 Å². The molecule has 0 aromatic heterocycles. The molecule has 0 radical (unpaired) electrons. The molecule has 3 nitrogen and oxygen atoms in total. The van der Waals surface area contributed by atoms with Crippen molar-refractivity contribution in [3.63, 3.8) is 0 Å². The molecule has 1 aliphatic rings. The first kappa shape index (κ1) is 8.53. The van der Waals surface area contributed by atoms with Gasteiger partial charge in [-0.3, -0.25) is 4.79 Å². The van der Waals surface area contributed by atoms with E-state index in [1.165, 1.54) is 6.42 Å². The average molecular weight is 157 g/mol. The van der Waals surface area contributed by atoms with Crippen molar-refractivity contribution in [1.82, 2.24) is 5.32 Å². The second-order valence-corrected chi connectivity index (χ2v) is 2.75. The quantitative estimate of drug-likeness (QED) is 0.599. The minimum absolute atomic E-state index is 0.0382. The molecule has 0 aromatic rings. The maximum absolute atomic E-state index is 11.1. The van der Waals surface area contributed by atoms with Crippen LogP contribution in [0.25, 0.3) is 0 Å². The van der Waals surface area contributed by atoms with Crippen molar-refractivity contribution in [1.29, 1.82) is 0 Å². The fraction of sp³-hybridized carbons (Fsp3) is 0.875. The van der Waals surface area contributed by atoms with Gasteiger partial charge in [0.25, 0.3) is 0 Å². The molecule has 0 aliphatic carbocycles. The van der Waals surface area contributed by atoms with Gasteiger partial charge in [-0.25, -0.2) is 0 Å². The number of ether oxygens (including phenoxy) is 1. The molecule has 1 aliphatic heterocycles. The molecule has 0 unspecified atom stereocenters. The molecule has 0 spiro atoms. The first-order valence-electron chi connectivity index (χ1n) is 4.24. The molecule has 11 heavy (non-hydrogen) atoms. The fourth-order valence-electron chi connectivity index (χ4n) is 1.30. The van der Waals surface area contributed by atoms with Crippen molar-refractivity contribution >= 4 is 5.97 Å². The summed E-state index contributed by atoms with van der Waals surface area (Å²) < 4.78 is 4.88. The lowest BCUT2D eigenvalue weighted by molar-refractivity contribution is -0.146. The monoisotopic (exact) mass is 157 g/mol. The van der Waals surface area contributed by atoms with Gasteiger partial charge in [0.2, 0.25) is 0 Å². The first-order chi connectivity index (χ1) is 5.34. The summed E-state index contributed by atoms with van der Waals surface area (Å²) in [6.07, 6.45) is 3.24. The molecule has 0 bridgehead atoms. The molecule has 1 fully saturated rings.